The summed E-state index contributed by atoms with van der Waals surface area (Å²) in [6.07, 6.45) is 2.02. The number of rotatable bonds is 3. The van der Waals surface area contributed by atoms with Crippen molar-refractivity contribution in [2.24, 2.45) is 5.73 Å². The van der Waals surface area contributed by atoms with Gasteiger partial charge in [0.1, 0.15) is 0 Å². The van der Waals surface area contributed by atoms with Crippen molar-refractivity contribution in [2.45, 2.75) is 33.4 Å². The molecule has 3 nitrogen and oxygen atoms in total. The van der Waals surface area contributed by atoms with Gasteiger partial charge in [0.05, 0.1) is 6.67 Å². The summed E-state index contributed by atoms with van der Waals surface area (Å²) in [5, 5.41) is 0. The van der Waals surface area contributed by atoms with Crippen molar-refractivity contribution < 1.29 is 0 Å². The van der Waals surface area contributed by atoms with E-state index in [-0.39, 0.29) is 12.2 Å². The highest BCUT2D eigenvalue weighted by molar-refractivity contribution is 5.17. The van der Waals surface area contributed by atoms with Gasteiger partial charge in [-0.25, -0.2) is 0 Å². The van der Waals surface area contributed by atoms with Gasteiger partial charge in [-0.3, -0.25) is 9.36 Å². The summed E-state index contributed by atoms with van der Waals surface area (Å²) in [5.74, 6) is 0. The van der Waals surface area contributed by atoms with Crippen LogP contribution in [0.4, 0.5) is 0 Å². The van der Waals surface area contributed by atoms with Crippen LogP contribution in [0, 0.1) is 6.92 Å². The van der Waals surface area contributed by atoms with Crippen LogP contribution in [-0.4, -0.2) is 4.57 Å². The highest BCUT2D eigenvalue weighted by atomic mass is 16.1. The molecule has 0 aliphatic carbocycles. The zero-order valence-corrected chi connectivity index (χ0v) is 8.21. The van der Waals surface area contributed by atoms with Crippen molar-refractivity contribution in [1.82, 2.24) is 4.57 Å². The van der Waals surface area contributed by atoms with E-state index in [9.17, 15) is 4.79 Å². The fourth-order valence-corrected chi connectivity index (χ4v) is 1.47. The zero-order valence-electron chi connectivity index (χ0n) is 8.21. The zero-order chi connectivity index (χ0) is 9.84. The van der Waals surface area contributed by atoms with E-state index < -0.39 is 0 Å². The second-order valence-corrected chi connectivity index (χ2v) is 3.20. The number of aromatic nitrogens is 1. The summed E-state index contributed by atoms with van der Waals surface area (Å²) < 4.78 is 1.57. The van der Waals surface area contributed by atoms with E-state index in [0.717, 1.165) is 24.1 Å². The van der Waals surface area contributed by atoms with Gasteiger partial charge in [-0.15, -0.1) is 0 Å². The van der Waals surface area contributed by atoms with Crippen LogP contribution in [0.15, 0.2) is 16.9 Å². The molecule has 0 aromatic carbocycles. The normalized spacial score (nSPS) is 10.4. The van der Waals surface area contributed by atoms with Gasteiger partial charge in [-0.1, -0.05) is 13.3 Å². The Balaban J connectivity index is 3.13. The lowest BCUT2D eigenvalue weighted by Crippen LogP contribution is -2.25. The Labute approximate surface area is 78.2 Å². The molecule has 0 atom stereocenters. The Hall–Kier alpha value is -1.09. The second-order valence-electron chi connectivity index (χ2n) is 3.20. The van der Waals surface area contributed by atoms with Crippen LogP contribution in [0.25, 0.3) is 0 Å². The summed E-state index contributed by atoms with van der Waals surface area (Å²) in [7, 11) is 0. The van der Waals surface area contributed by atoms with Gasteiger partial charge in [0, 0.05) is 11.8 Å². The van der Waals surface area contributed by atoms with Crippen LogP contribution >= 0.6 is 0 Å². The molecular weight excluding hydrogens is 164 g/mol. The van der Waals surface area contributed by atoms with Gasteiger partial charge in [0.2, 0.25) is 0 Å². The summed E-state index contributed by atoms with van der Waals surface area (Å²) in [6, 6.07) is 3.70. The molecule has 0 radical (unpaired) electrons. The smallest absolute Gasteiger partial charge is 0.252 e. The van der Waals surface area contributed by atoms with Crippen LogP contribution in [-0.2, 0) is 13.1 Å². The molecular formula is C10H16N2O. The van der Waals surface area contributed by atoms with E-state index in [1.807, 2.05) is 13.0 Å². The molecule has 1 heterocycles. The van der Waals surface area contributed by atoms with Crippen LogP contribution < -0.4 is 11.3 Å². The molecule has 13 heavy (non-hydrogen) atoms. The molecule has 0 saturated carbocycles. The van der Waals surface area contributed by atoms with E-state index >= 15 is 0 Å². The molecule has 0 spiro atoms. The molecule has 0 aliphatic rings. The van der Waals surface area contributed by atoms with Gasteiger partial charge >= 0.3 is 0 Å². The van der Waals surface area contributed by atoms with E-state index in [1.54, 1.807) is 10.6 Å². The van der Waals surface area contributed by atoms with Crippen molar-refractivity contribution in [3.05, 3.63) is 33.7 Å². The van der Waals surface area contributed by atoms with E-state index in [4.69, 9.17) is 5.73 Å². The first-order chi connectivity index (χ1) is 6.19. The Bertz CT molecular complexity index is 341. The molecule has 0 aliphatic heterocycles. The highest BCUT2D eigenvalue weighted by Gasteiger charge is 2.00. The molecule has 1 rings (SSSR count). The minimum atomic E-state index is 0.00551. The standard InChI is InChI=1S/C10H16N2O/c1-3-4-9-5-8(2)12(7-11)10(13)6-9/h5-6H,3-4,7,11H2,1-2H3. The maximum Gasteiger partial charge on any atom is 0.252 e. The molecule has 0 amide bonds. The quantitative estimate of drug-likeness (QED) is 0.755. The molecule has 3 heteroatoms. The third-order valence-electron chi connectivity index (χ3n) is 2.12. The minimum Gasteiger partial charge on any atom is -0.313 e. The SMILES string of the molecule is CCCc1cc(C)n(CN)c(=O)c1. The van der Waals surface area contributed by atoms with Crippen LogP contribution in [0.3, 0.4) is 0 Å². The number of nitrogens with zero attached hydrogens (tertiary/aromatic N) is 1. The summed E-state index contributed by atoms with van der Waals surface area (Å²) in [4.78, 5) is 11.4. The van der Waals surface area contributed by atoms with E-state index in [1.165, 1.54) is 0 Å². The maximum absolute atomic E-state index is 11.4. The van der Waals surface area contributed by atoms with Crippen molar-refractivity contribution in [3.8, 4) is 0 Å². The molecule has 1 aromatic heterocycles. The Kier molecular flexibility index (Phi) is 3.25. The first kappa shape index (κ1) is 9.99. The minimum absolute atomic E-state index is 0.00551. The van der Waals surface area contributed by atoms with Crippen molar-refractivity contribution in [3.63, 3.8) is 0 Å². The Morgan fingerprint density at radius 3 is 2.62 bits per heavy atom. The summed E-state index contributed by atoms with van der Waals surface area (Å²) >= 11 is 0. The lowest BCUT2D eigenvalue weighted by molar-refractivity contribution is 0.672. The summed E-state index contributed by atoms with van der Waals surface area (Å²) in [6.45, 7) is 4.27. The molecule has 1 aromatic rings. The lowest BCUT2D eigenvalue weighted by Gasteiger charge is -2.08. The van der Waals surface area contributed by atoms with Crippen LogP contribution in [0.1, 0.15) is 24.6 Å². The first-order valence-corrected chi connectivity index (χ1v) is 4.59. The van der Waals surface area contributed by atoms with Crippen molar-refractivity contribution >= 4 is 0 Å². The number of nitrogens with two attached hydrogens (primary N) is 1. The topological polar surface area (TPSA) is 48.0 Å². The first-order valence-electron chi connectivity index (χ1n) is 4.59. The molecule has 0 saturated heterocycles. The third-order valence-corrected chi connectivity index (χ3v) is 2.12. The second kappa shape index (κ2) is 4.23. The summed E-state index contributed by atoms with van der Waals surface area (Å²) in [5.41, 5.74) is 7.49. The molecule has 72 valence electrons. The van der Waals surface area contributed by atoms with Crippen molar-refractivity contribution in [2.75, 3.05) is 0 Å². The average Bonchev–Trinajstić information content (AvgIpc) is 2.04. The van der Waals surface area contributed by atoms with Gasteiger partial charge in [-0.2, -0.15) is 0 Å². The molecule has 0 unspecified atom stereocenters. The van der Waals surface area contributed by atoms with E-state index in [2.05, 4.69) is 6.92 Å². The fraction of sp³-hybridized carbons (Fsp3) is 0.500. The number of aryl methyl sites for hydroxylation is 2. The molecule has 0 fully saturated rings. The Morgan fingerprint density at radius 2 is 2.15 bits per heavy atom. The van der Waals surface area contributed by atoms with Crippen molar-refractivity contribution in [1.29, 1.82) is 0 Å². The van der Waals surface area contributed by atoms with E-state index in [0.29, 0.717) is 0 Å². The lowest BCUT2D eigenvalue weighted by atomic mass is 10.1. The number of hydrogen-bond acceptors (Lipinski definition) is 2. The molecule has 2 N–H and O–H groups in total. The van der Waals surface area contributed by atoms with Gasteiger partial charge in [0.15, 0.2) is 0 Å². The highest BCUT2D eigenvalue weighted by Crippen LogP contribution is 2.03. The number of hydrogen-bond donors (Lipinski definition) is 1. The fourth-order valence-electron chi connectivity index (χ4n) is 1.47. The van der Waals surface area contributed by atoms with Crippen LogP contribution in [0.5, 0.6) is 0 Å². The monoisotopic (exact) mass is 180 g/mol. The Morgan fingerprint density at radius 1 is 1.46 bits per heavy atom. The maximum atomic E-state index is 11.4. The van der Waals surface area contributed by atoms with Gasteiger partial charge in [0.25, 0.3) is 5.56 Å². The average molecular weight is 180 g/mol. The largest absolute Gasteiger partial charge is 0.313 e. The van der Waals surface area contributed by atoms with Crippen LogP contribution in [0.2, 0.25) is 0 Å². The third kappa shape index (κ3) is 2.18. The number of pyridine rings is 1. The van der Waals surface area contributed by atoms with Gasteiger partial charge < -0.3 is 5.73 Å². The predicted molar refractivity (Wildman–Crippen MR) is 53.6 cm³/mol. The van der Waals surface area contributed by atoms with Gasteiger partial charge in [-0.05, 0) is 25.0 Å². The molecule has 0 bridgehead atoms. The predicted octanol–water partition coefficient (Wildman–Crippen LogP) is 1.03.